The van der Waals surface area contributed by atoms with Crippen molar-refractivity contribution in [1.29, 1.82) is 0 Å². The summed E-state index contributed by atoms with van der Waals surface area (Å²) in [4.78, 5) is 11.1. The highest BCUT2D eigenvalue weighted by Crippen LogP contribution is 2.27. The number of aryl methyl sites for hydroxylation is 1. The summed E-state index contributed by atoms with van der Waals surface area (Å²) in [7, 11) is 2.11. The van der Waals surface area contributed by atoms with Crippen molar-refractivity contribution in [1.82, 2.24) is 9.97 Å². The van der Waals surface area contributed by atoms with Crippen LogP contribution in [-0.4, -0.2) is 17.0 Å². The molecule has 18 heavy (non-hydrogen) atoms. The third-order valence-corrected chi connectivity index (χ3v) is 3.48. The van der Waals surface area contributed by atoms with E-state index in [4.69, 9.17) is 0 Å². The van der Waals surface area contributed by atoms with Crippen molar-refractivity contribution in [3.63, 3.8) is 0 Å². The van der Waals surface area contributed by atoms with Gasteiger partial charge in [0.25, 0.3) is 0 Å². The smallest absolute Gasteiger partial charge is 0.135 e. The predicted molar refractivity (Wildman–Crippen MR) is 72.6 cm³/mol. The van der Waals surface area contributed by atoms with E-state index in [-0.39, 0.29) is 0 Å². The largest absolute Gasteiger partial charge is 0.355 e. The molecule has 0 unspecified atom stereocenters. The van der Waals surface area contributed by atoms with Crippen molar-refractivity contribution in [2.45, 2.75) is 25.8 Å². The Balaban J connectivity index is 1.85. The van der Waals surface area contributed by atoms with Gasteiger partial charge in [0.2, 0.25) is 0 Å². The molecule has 0 saturated heterocycles. The number of nitrogens with zero attached hydrogens (tertiary/aromatic N) is 3. The quantitative estimate of drug-likeness (QED) is 0.824. The van der Waals surface area contributed by atoms with Crippen LogP contribution in [0.2, 0.25) is 0 Å². The number of hydrogen-bond acceptors (Lipinski definition) is 3. The summed E-state index contributed by atoms with van der Waals surface area (Å²) >= 11 is 0. The van der Waals surface area contributed by atoms with E-state index in [0.29, 0.717) is 0 Å². The second-order valence-electron chi connectivity index (χ2n) is 4.82. The third-order valence-electron chi connectivity index (χ3n) is 3.48. The summed E-state index contributed by atoms with van der Waals surface area (Å²) in [6.07, 6.45) is 5.12. The van der Waals surface area contributed by atoms with Gasteiger partial charge in [0.1, 0.15) is 12.1 Å². The minimum atomic E-state index is 0.893. The molecule has 1 aliphatic carbocycles. The fourth-order valence-electron chi connectivity index (χ4n) is 2.60. The summed E-state index contributed by atoms with van der Waals surface area (Å²) in [6, 6.07) is 10.5. The van der Waals surface area contributed by atoms with Gasteiger partial charge in [-0.05, 0) is 24.8 Å². The molecular weight excluding hydrogens is 222 g/mol. The molecule has 1 aromatic heterocycles. The first-order chi connectivity index (χ1) is 8.84. The Kier molecular flexibility index (Phi) is 2.97. The zero-order chi connectivity index (χ0) is 12.4. The van der Waals surface area contributed by atoms with Crippen molar-refractivity contribution in [3.05, 3.63) is 53.5 Å². The Labute approximate surface area is 108 Å². The fourth-order valence-corrected chi connectivity index (χ4v) is 2.60. The summed E-state index contributed by atoms with van der Waals surface area (Å²) < 4.78 is 0. The van der Waals surface area contributed by atoms with Gasteiger partial charge in [0.05, 0.1) is 0 Å². The molecule has 3 heteroatoms. The third kappa shape index (κ3) is 2.08. The maximum atomic E-state index is 4.46. The molecule has 0 atom stereocenters. The lowest BCUT2D eigenvalue weighted by Crippen LogP contribution is -2.19. The first-order valence-corrected chi connectivity index (χ1v) is 6.42. The minimum absolute atomic E-state index is 0.893. The lowest BCUT2D eigenvalue weighted by molar-refractivity contribution is 0.870. The minimum Gasteiger partial charge on any atom is -0.355 e. The van der Waals surface area contributed by atoms with Gasteiger partial charge in [-0.2, -0.15) is 0 Å². The van der Waals surface area contributed by atoms with Gasteiger partial charge in [-0.25, -0.2) is 9.97 Å². The number of aromatic nitrogens is 2. The summed E-state index contributed by atoms with van der Waals surface area (Å²) in [5.74, 6) is 1.10. The van der Waals surface area contributed by atoms with Crippen LogP contribution in [0.4, 0.5) is 5.82 Å². The maximum Gasteiger partial charge on any atom is 0.135 e. The normalized spacial score (nSPS) is 13.4. The van der Waals surface area contributed by atoms with Gasteiger partial charge in [-0.1, -0.05) is 30.3 Å². The molecule has 0 N–H and O–H groups in total. The number of anilines is 1. The summed E-state index contributed by atoms with van der Waals surface area (Å²) in [5, 5.41) is 0. The standard InChI is InChI=1S/C15H17N3/c1-18(10-12-6-3-2-4-7-12)15-13-8-5-9-14(13)16-11-17-15/h2-4,6-7,11H,5,8-10H2,1H3. The maximum absolute atomic E-state index is 4.46. The van der Waals surface area contributed by atoms with Crippen LogP contribution in [0, 0.1) is 0 Å². The lowest BCUT2D eigenvalue weighted by atomic mass is 10.2. The number of hydrogen-bond donors (Lipinski definition) is 0. The van der Waals surface area contributed by atoms with Crippen molar-refractivity contribution in [2.75, 3.05) is 11.9 Å². The molecule has 0 amide bonds. The van der Waals surface area contributed by atoms with Crippen LogP contribution in [0.1, 0.15) is 23.2 Å². The van der Waals surface area contributed by atoms with E-state index in [1.807, 2.05) is 6.07 Å². The zero-order valence-corrected chi connectivity index (χ0v) is 10.6. The van der Waals surface area contributed by atoms with Gasteiger partial charge in [-0.3, -0.25) is 0 Å². The molecule has 1 heterocycles. The second kappa shape index (κ2) is 4.77. The molecule has 1 aromatic carbocycles. The Bertz CT molecular complexity index is 537. The van der Waals surface area contributed by atoms with Gasteiger partial charge >= 0.3 is 0 Å². The SMILES string of the molecule is CN(Cc1ccccc1)c1ncnc2c1CCC2. The highest BCUT2D eigenvalue weighted by atomic mass is 15.2. The highest BCUT2D eigenvalue weighted by Gasteiger charge is 2.19. The van der Waals surface area contributed by atoms with E-state index in [1.54, 1.807) is 6.33 Å². The summed E-state index contributed by atoms with van der Waals surface area (Å²) in [6.45, 7) is 0.893. The molecule has 3 nitrogen and oxygen atoms in total. The van der Waals surface area contributed by atoms with E-state index in [2.05, 4.69) is 46.2 Å². The van der Waals surface area contributed by atoms with Crippen LogP contribution in [0.15, 0.2) is 36.7 Å². The van der Waals surface area contributed by atoms with Crippen molar-refractivity contribution in [3.8, 4) is 0 Å². The Hall–Kier alpha value is -1.90. The van der Waals surface area contributed by atoms with Crippen LogP contribution in [0.25, 0.3) is 0 Å². The molecule has 2 aromatic rings. The second-order valence-corrected chi connectivity index (χ2v) is 4.82. The van der Waals surface area contributed by atoms with Crippen LogP contribution in [-0.2, 0) is 19.4 Å². The van der Waals surface area contributed by atoms with Crippen LogP contribution < -0.4 is 4.90 Å². The van der Waals surface area contributed by atoms with E-state index in [1.165, 1.54) is 23.2 Å². The lowest BCUT2D eigenvalue weighted by Gasteiger charge is -2.20. The van der Waals surface area contributed by atoms with E-state index in [9.17, 15) is 0 Å². The number of benzene rings is 1. The Morgan fingerprint density at radius 3 is 2.78 bits per heavy atom. The van der Waals surface area contributed by atoms with E-state index >= 15 is 0 Å². The first-order valence-electron chi connectivity index (χ1n) is 6.42. The molecule has 0 radical (unpaired) electrons. The van der Waals surface area contributed by atoms with Crippen LogP contribution in [0.5, 0.6) is 0 Å². The fraction of sp³-hybridized carbons (Fsp3) is 0.333. The van der Waals surface area contributed by atoms with Gasteiger partial charge in [0.15, 0.2) is 0 Å². The zero-order valence-electron chi connectivity index (χ0n) is 10.6. The van der Waals surface area contributed by atoms with Gasteiger partial charge in [-0.15, -0.1) is 0 Å². The topological polar surface area (TPSA) is 29.0 Å². The number of rotatable bonds is 3. The average molecular weight is 239 g/mol. The molecule has 0 aliphatic heterocycles. The average Bonchev–Trinajstić information content (AvgIpc) is 2.87. The summed E-state index contributed by atoms with van der Waals surface area (Å²) in [5.41, 5.74) is 3.89. The van der Waals surface area contributed by atoms with Gasteiger partial charge in [0, 0.05) is 24.8 Å². The van der Waals surface area contributed by atoms with Crippen molar-refractivity contribution < 1.29 is 0 Å². The molecule has 3 rings (SSSR count). The van der Waals surface area contributed by atoms with E-state index < -0.39 is 0 Å². The van der Waals surface area contributed by atoms with Crippen molar-refractivity contribution in [2.24, 2.45) is 0 Å². The van der Waals surface area contributed by atoms with Crippen LogP contribution in [0.3, 0.4) is 0 Å². The first kappa shape index (κ1) is 11.2. The van der Waals surface area contributed by atoms with Crippen molar-refractivity contribution >= 4 is 5.82 Å². The molecular formula is C15H17N3. The predicted octanol–water partition coefficient (Wildman–Crippen LogP) is 2.60. The van der Waals surface area contributed by atoms with Gasteiger partial charge < -0.3 is 4.90 Å². The monoisotopic (exact) mass is 239 g/mol. The highest BCUT2D eigenvalue weighted by molar-refractivity contribution is 5.50. The van der Waals surface area contributed by atoms with E-state index in [0.717, 1.165) is 25.2 Å². The van der Waals surface area contributed by atoms with Crippen LogP contribution >= 0.6 is 0 Å². The molecule has 0 fully saturated rings. The molecule has 0 spiro atoms. The number of fused-ring (bicyclic) bond motifs is 1. The Morgan fingerprint density at radius 2 is 1.94 bits per heavy atom. The Morgan fingerprint density at radius 1 is 1.11 bits per heavy atom. The molecule has 1 aliphatic rings. The molecule has 0 bridgehead atoms. The molecule has 92 valence electrons. The molecule has 0 saturated carbocycles.